The van der Waals surface area contributed by atoms with Gasteiger partial charge in [-0.1, -0.05) is 5.16 Å². The highest BCUT2D eigenvalue weighted by atomic mass is 16.5. The van der Waals surface area contributed by atoms with Crippen LogP contribution in [0.25, 0.3) is 11.5 Å². The van der Waals surface area contributed by atoms with E-state index in [4.69, 9.17) is 14.0 Å². The summed E-state index contributed by atoms with van der Waals surface area (Å²) in [6.45, 7) is 1.90. The van der Waals surface area contributed by atoms with Crippen molar-refractivity contribution in [3.8, 4) is 11.5 Å². The molecular formula is C11H12N2O4. The van der Waals surface area contributed by atoms with Gasteiger partial charge in [-0.25, -0.2) is 0 Å². The summed E-state index contributed by atoms with van der Waals surface area (Å²) in [6, 6.07) is 4.60. The number of nitrogens with zero attached hydrogens (tertiary/aromatic N) is 1. The molecule has 2 aromatic rings. The second-order valence-electron chi connectivity index (χ2n) is 3.60. The first kappa shape index (κ1) is 11.4. The van der Waals surface area contributed by atoms with E-state index in [0.29, 0.717) is 23.8 Å². The van der Waals surface area contributed by atoms with Crippen LogP contribution < -0.4 is 5.32 Å². The van der Waals surface area contributed by atoms with Crippen molar-refractivity contribution in [2.45, 2.75) is 19.5 Å². The predicted molar refractivity (Wildman–Crippen MR) is 58.1 cm³/mol. The molecule has 0 radical (unpaired) electrons. The summed E-state index contributed by atoms with van der Waals surface area (Å²) >= 11 is 0. The topological polar surface area (TPSA) is 88.5 Å². The molecule has 0 aliphatic carbocycles. The Balaban J connectivity index is 1.97. The van der Waals surface area contributed by atoms with Gasteiger partial charge in [-0.2, -0.15) is 0 Å². The minimum absolute atomic E-state index is 0.331. The Labute approximate surface area is 97.2 Å². The minimum atomic E-state index is -0.903. The Morgan fingerprint density at radius 3 is 3.06 bits per heavy atom. The van der Waals surface area contributed by atoms with Crippen molar-refractivity contribution in [3.63, 3.8) is 0 Å². The summed E-state index contributed by atoms with van der Waals surface area (Å²) in [4.78, 5) is 10.6. The van der Waals surface area contributed by atoms with Gasteiger partial charge in [-0.15, -0.1) is 0 Å². The second-order valence-corrected chi connectivity index (χ2v) is 3.60. The molecule has 0 bridgehead atoms. The maximum Gasteiger partial charge on any atom is 0.320 e. The summed E-state index contributed by atoms with van der Waals surface area (Å²) in [5.74, 6) is 0.213. The van der Waals surface area contributed by atoms with Crippen molar-refractivity contribution in [3.05, 3.63) is 30.2 Å². The number of carboxylic acid groups (broad SMARTS) is 1. The Bertz CT molecular complexity index is 489. The van der Waals surface area contributed by atoms with Crippen LogP contribution >= 0.6 is 0 Å². The number of carboxylic acids is 1. The molecule has 6 heteroatoms. The maximum atomic E-state index is 10.6. The van der Waals surface area contributed by atoms with Crippen LogP contribution in [0.15, 0.2) is 33.4 Å². The highest BCUT2D eigenvalue weighted by Gasteiger charge is 2.12. The third-order valence-electron chi connectivity index (χ3n) is 2.28. The summed E-state index contributed by atoms with van der Waals surface area (Å²) < 4.78 is 10.2. The zero-order valence-electron chi connectivity index (χ0n) is 9.21. The highest BCUT2D eigenvalue weighted by molar-refractivity contribution is 5.72. The van der Waals surface area contributed by atoms with Crippen molar-refractivity contribution in [1.82, 2.24) is 10.5 Å². The van der Waals surface area contributed by atoms with E-state index in [1.165, 1.54) is 0 Å². The minimum Gasteiger partial charge on any atom is -0.480 e. The molecular weight excluding hydrogens is 224 g/mol. The highest BCUT2D eigenvalue weighted by Crippen LogP contribution is 2.20. The average Bonchev–Trinajstić information content (AvgIpc) is 2.95. The first-order valence-electron chi connectivity index (χ1n) is 5.12. The molecule has 2 heterocycles. The van der Waals surface area contributed by atoms with Gasteiger partial charge in [0.05, 0.1) is 12.0 Å². The van der Waals surface area contributed by atoms with Crippen LogP contribution in [0.1, 0.15) is 12.6 Å². The molecule has 1 atom stereocenters. The van der Waals surface area contributed by atoms with Gasteiger partial charge in [0.2, 0.25) is 5.76 Å². The van der Waals surface area contributed by atoms with Gasteiger partial charge in [0, 0.05) is 12.6 Å². The predicted octanol–water partition coefficient (Wildman–Crippen LogP) is 1.50. The van der Waals surface area contributed by atoms with Crippen LogP contribution in [0.5, 0.6) is 0 Å². The average molecular weight is 236 g/mol. The third kappa shape index (κ3) is 2.73. The number of carbonyl (C=O) groups is 1. The lowest BCUT2D eigenvalue weighted by atomic mass is 10.3. The molecule has 0 saturated heterocycles. The number of hydrogen-bond acceptors (Lipinski definition) is 5. The Kier molecular flexibility index (Phi) is 3.24. The van der Waals surface area contributed by atoms with Crippen molar-refractivity contribution >= 4 is 5.97 Å². The molecule has 1 unspecified atom stereocenters. The van der Waals surface area contributed by atoms with Crippen molar-refractivity contribution in [2.24, 2.45) is 0 Å². The van der Waals surface area contributed by atoms with Gasteiger partial charge in [0.15, 0.2) is 5.76 Å². The van der Waals surface area contributed by atoms with Crippen molar-refractivity contribution in [2.75, 3.05) is 0 Å². The smallest absolute Gasteiger partial charge is 0.320 e. The fourth-order valence-corrected chi connectivity index (χ4v) is 1.27. The summed E-state index contributed by atoms with van der Waals surface area (Å²) in [5.41, 5.74) is 0.629. The van der Waals surface area contributed by atoms with Crippen LogP contribution in [0.3, 0.4) is 0 Å². The van der Waals surface area contributed by atoms with Crippen molar-refractivity contribution < 1.29 is 18.8 Å². The SMILES string of the molecule is CC(NCc1cc(-c2ccco2)on1)C(=O)O. The van der Waals surface area contributed by atoms with Gasteiger partial charge in [-0.3, -0.25) is 10.1 Å². The normalized spacial score (nSPS) is 12.5. The molecule has 90 valence electrons. The Morgan fingerprint density at radius 2 is 2.41 bits per heavy atom. The number of furan rings is 1. The molecule has 2 rings (SSSR count). The van der Waals surface area contributed by atoms with E-state index in [1.807, 2.05) is 0 Å². The zero-order chi connectivity index (χ0) is 12.3. The van der Waals surface area contributed by atoms with E-state index in [-0.39, 0.29) is 0 Å². The van der Waals surface area contributed by atoms with E-state index in [1.54, 1.807) is 31.4 Å². The molecule has 0 fully saturated rings. The van der Waals surface area contributed by atoms with Gasteiger partial charge in [0.25, 0.3) is 0 Å². The Hall–Kier alpha value is -2.08. The molecule has 0 amide bonds. The fourth-order valence-electron chi connectivity index (χ4n) is 1.27. The summed E-state index contributed by atoms with van der Waals surface area (Å²) in [6.07, 6.45) is 1.54. The molecule has 2 N–H and O–H groups in total. The fraction of sp³-hybridized carbons (Fsp3) is 0.273. The van der Waals surface area contributed by atoms with E-state index in [0.717, 1.165) is 0 Å². The molecule has 0 aromatic carbocycles. The maximum absolute atomic E-state index is 10.6. The second kappa shape index (κ2) is 4.84. The van der Waals surface area contributed by atoms with Gasteiger partial charge < -0.3 is 14.0 Å². The molecule has 0 aliphatic heterocycles. The number of aromatic nitrogens is 1. The monoisotopic (exact) mass is 236 g/mol. The molecule has 17 heavy (non-hydrogen) atoms. The van der Waals surface area contributed by atoms with Crippen LogP contribution in [-0.2, 0) is 11.3 Å². The van der Waals surface area contributed by atoms with Gasteiger partial charge >= 0.3 is 5.97 Å². The summed E-state index contributed by atoms with van der Waals surface area (Å²) in [7, 11) is 0. The summed E-state index contributed by atoms with van der Waals surface area (Å²) in [5, 5.41) is 15.3. The van der Waals surface area contributed by atoms with Crippen molar-refractivity contribution in [1.29, 1.82) is 0 Å². The lowest BCUT2D eigenvalue weighted by molar-refractivity contribution is -0.139. The van der Waals surface area contributed by atoms with Gasteiger partial charge in [0.1, 0.15) is 6.04 Å². The first-order chi connectivity index (χ1) is 8.16. The van der Waals surface area contributed by atoms with E-state index in [9.17, 15) is 4.79 Å². The quantitative estimate of drug-likeness (QED) is 0.817. The lowest BCUT2D eigenvalue weighted by Crippen LogP contribution is -2.33. The lowest BCUT2D eigenvalue weighted by Gasteiger charge is -2.05. The molecule has 6 nitrogen and oxygen atoms in total. The zero-order valence-corrected chi connectivity index (χ0v) is 9.21. The van der Waals surface area contributed by atoms with Crippen LogP contribution in [-0.4, -0.2) is 22.3 Å². The molecule has 0 aliphatic rings. The number of nitrogens with one attached hydrogen (secondary N) is 1. The number of hydrogen-bond donors (Lipinski definition) is 2. The van der Waals surface area contributed by atoms with Crippen LogP contribution in [0, 0.1) is 0 Å². The van der Waals surface area contributed by atoms with Gasteiger partial charge in [-0.05, 0) is 19.1 Å². The van der Waals surface area contributed by atoms with E-state index < -0.39 is 12.0 Å². The van der Waals surface area contributed by atoms with Crippen LogP contribution in [0.2, 0.25) is 0 Å². The largest absolute Gasteiger partial charge is 0.480 e. The van der Waals surface area contributed by atoms with E-state index >= 15 is 0 Å². The molecule has 2 aromatic heterocycles. The van der Waals surface area contributed by atoms with E-state index in [2.05, 4.69) is 10.5 Å². The molecule has 0 saturated carbocycles. The molecule has 0 spiro atoms. The third-order valence-corrected chi connectivity index (χ3v) is 2.28. The first-order valence-corrected chi connectivity index (χ1v) is 5.12. The Morgan fingerprint density at radius 1 is 1.59 bits per heavy atom. The standard InChI is InChI=1S/C11H12N2O4/c1-7(11(14)15)12-6-8-5-10(17-13-8)9-3-2-4-16-9/h2-5,7,12H,6H2,1H3,(H,14,15). The number of rotatable bonds is 5. The number of aliphatic carboxylic acids is 1. The van der Waals surface area contributed by atoms with Crippen LogP contribution in [0.4, 0.5) is 0 Å².